The Morgan fingerprint density at radius 1 is 1.37 bits per heavy atom. The summed E-state index contributed by atoms with van der Waals surface area (Å²) in [5, 5.41) is 15.6. The van der Waals surface area contributed by atoms with Gasteiger partial charge in [-0.2, -0.15) is 9.82 Å². The summed E-state index contributed by atoms with van der Waals surface area (Å²) in [5.74, 6) is 0. The fourth-order valence-electron chi connectivity index (χ4n) is 1.73. The molecule has 19 heavy (non-hydrogen) atoms. The number of aliphatic hydroxyl groups excluding tert-OH is 1. The van der Waals surface area contributed by atoms with Crippen molar-refractivity contribution in [2.24, 2.45) is 0 Å². The van der Waals surface area contributed by atoms with Crippen LogP contribution in [0.25, 0.3) is 0 Å². The Labute approximate surface area is 111 Å². The van der Waals surface area contributed by atoms with Crippen LogP contribution in [0.3, 0.4) is 0 Å². The van der Waals surface area contributed by atoms with E-state index >= 15 is 0 Å². The molecule has 0 bridgehead atoms. The molecular formula is C12H15N3O3S. The molecule has 3 N–H and O–H groups in total. The van der Waals surface area contributed by atoms with Crippen LogP contribution >= 0.6 is 0 Å². The molecule has 0 amide bonds. The van der Waals surface area contributed by atoms with E-state index in [1.165, 1.54) is 12.4 Å². The molecule has 1 unspecified atom stereocenters. The number of hydrogen-bond donors (Lipinski definition) is 3. The van der Waals surface area contributed by atoms with Crippen LogP contribution < -0.4 is 4.72 Å². The van der Waals surface area contributed by atoms with Crippen LogP contribution in [0, 0.1) is 0 Å². The minimum absolute atomic E-state index is 0.0307. The molecule has 0 aliphatic heterocycles. The van der Waals surface area contributed by atoms with E-state index in [0.717, 1.165) is 0 Å². The third-order valence-electron chi connectivity index (χ3n) is 2.87. The zero-order valence-electron chi connectivity index (χ0n) is 10.4. The summed E-state index contributed by atoms with van der Waals surface area (Å²) in [4.78, 5) is 0.0307. The van der Waals surface area contributed by atoms with Crippen molar-refractivity contribution in [3.63, 3.8) is 0 Å². The van der Waals surface area contributed by atoms with E-state index in [0.29, 0.717) is 5.56 Å². The largest absolute Gasteiger partial charge is 0.394 e. The first kappa shape index (κ1) is 13.7. The van der Waals surface area contributed by atoms with Gasteiger partial charge >= 0.3 is 0 Å². The zero-order chi connectivity index (χ0) is 13.9. The lowest BCUT2D eigenvalue weighted by Gasteiger charge is -2.28. The Morgan fingerprint density at radius 2 is 2.05 bits per heavy atom. The van der Waals surface area contributed by atoms with Crippen LogP contribution in [0.1, 0.15) is 12.5 Å². The zero-order valence-corrected chi connectivity index (χ0v) is 11.2. The molecule has 2 rings (SSSR count). The Morgan fingerprint density at radius 3 is 2.58 bits per heavy atom. The van der Waals surface area contributed by atoms with E-state index in [4.69, 9.17) is 0 Å². The number of nitrogens with one attached hydrogen (secondary N) is 2. The van der Waals surface area contributed by atoms with Gasteiger partial charge in [-0.25, -0.2) is 8.42 Å². The molecular weight excluding hydrogens is 266 g/mol. The molecule has 102 valence electrons. The van der Waals surface area contributed by atoms with Gasteiger partial charge in [-0.3, -0.25) is 5.10 Å². The van der Waals surface area contributed by atoms with Gasteiger partial charge in [0.1, 0.15) is 4.90 Å². The number of aromatic nitrogens is 2. The fraction of sp³-hybridized carbons (Fsp3) is 0.250. The Balaban J connectivity index is 2.35. The molecule has 0 fully saturated rings. The van der Waals surface area contributed by atoms with Gasteiger partial charge < -0.3 is 5.11 Å². The topological polar surface area (TPSA) is 95.1 Å². The van der Waals surface area contributed by atoms with Gasteiger partial charge in [0.25, 0.3) is 0 Å². The normalized spacial score (nSPS) is 15.1. The Kier molecular flexibility index (Phi) is 3.70. The summed E-state index contributed by atoms with van der Waals surface area (Å²) in [6.45, 7) is 1.27. The number of nitrogens with zero attached hydrogens (tertiary/aromatic N) is 1. The van der Waals surface area contributed by atoms with Gasteiger partial charge in [-0.05, 0) is 12.5 Å². The molecule has 0 saturated carbocycles. The highest BCUT2D eigenvalue weighted by Crippen LogP contribution is 2.22. The maximum absolute atomic E-state index is 12.2. The molecule has 0 spiro atoms. The first-order chi connectivity index (χ1) is 8.98. The number of aromatic amines is 1. The van der Waals surface area contributed by atoms with Crippen LogP contribution in [0.2, 0.25) is 0 Å². The summed E-state index contributed by atoms with van der Waals surface area (Å²) in [6, 6.07) is 8.92. The second kappa shape index (κ2) is 5.12. The lowest BCUT2D eigenvalue weighted by atomic mass is 9.94. The average Bonchev–Trinajstić information content (AvgIpc) is 2.94. The highest BCUT2D eigenvalue weighted by Gasteiger charge is 2.32. The number of H-pyrrole nitrogens is 1. The van der Waals surface area contributed by atoms with E-state index in [2.05, 4.69) is 14.9 Å². The lowest BCUT2D eigenvalue weighted by molar-refractivity contribution is 0.196. The van der Waals surface area contributed by atoms with Crippen molar-refractivity contribution >= 4 is 10.0 Å². The quantitative estimate of drug-likeness (QED) is 0.747. The average molecular weight is 281 g/mol. The van der Waals surface area contributed by atoms with E-state index in [1.807, 2.05) is 6.07 Å². The number of rotatable bonds is 5. The maximum atomic E-state index is 12.2. The van der Waals surface area contributed by atoms with Crippen molar-refractivity contribution in [3.05, 3.63) is 48.3 Å². The van der Waals surface area contributed by atoms with Gasteiger partial charge in [-0.15, -0.1) is 0 Å². The van der Waals surface area contributed by atoms with Crippen LogP contribution in [0.5, 0.6) is 0 Å². The predicted molar refractivity (Wildman–Crippen MR) is 69.8 cm³/mol. The second-order valence-corrected chi connectivity index (χ2v) is 6.08. The molecule has 0 aliphatic carbocycles. The third-order valence-corrected chi connectivity index (χ3v) is 4.43. The molecule has 7 heteroatoms. The third kappa shape index (κ3) is 2.83. The van der Waals surface area contributed by atoms with E-state index in [9.17, 15) is 13.5 Å². The first-order valence-corrected chi connectivity index (χ1v) is 7.15. The van der Waals surface area contributed by atoms with Crippen molar-refractivity contribution in [3.8, 4) is 0 Å². The van der Waals surface area contributed by atoms with Crippen LogP contribution in [-0.4, -0.2) is 30.3 Å². The molecule has 1 aromatic heterocycles. The molecule has 0 aliphatic rings. The highest BCUT2D eigenvalue weighted by molar-refractivity contribution is 7.89. The van der Waals surface area contributed by atoms with Gasteiger partial charge in [0.15, 0.2) is 0 Å². The molecule has 1 atom stereocenters. The van der Waals surface area contributed by atoms with Gasteiger partial charge in [0, 0.05) is 6.20 Å². The molecule has 1 aromatic carbocycles. The Hall–Kier alpha value is -1.70. The van der Waals surface area contributed by atoms with E-state index < -0.39 is 15.6 Å². The molecule has 6 nitrogen and oxygen atoms in total. The maximum Gasteiger partial charge on any atom is 0.244 e. The first-order valence-electron chi connectivity index (χ1n) is 5.67. The monoisotopic (exact) mass is 281 g/mol. The van der Waals surface area contributed by atoms with Crippen molar-refractivity contribution in [1.82, 2.24) is 14.9 Å². The second-order valence-electron chi connectivity index (χ2n) is 4.40. The summed E-state index contributed by atoms with van der Waals surface area (Å²) in [7, 11) is -3.74. The molecule has 0 radical (unpaired) electrons. The number of hydrogen-bond acceptors (Lipinski definition) is 4. The smallest absolute Gasteiger partial charge is 0.244 e. The Bertz CT molecular complexity index is 626. The van der Waals surface area contributed by atoms with Crippen molar-refractivity contribution in [1.29, 1.82) is 0 Å². The van der Waals surface area contributed by atoms with Crippen LogP contribution in [0.4, 0.5) is 0 Å². The highest BCUT2D eigenvalue weighted by atomic mass is 32.2. The summed E-state index contributed by atoms with van der Waals surface area (Å²) < 4.78 is 26.8. The summed E-state index contributed by atoms with van der Waals surface area (Å²) in [5.41, 5.74) is -0.401. The molecule has 2 aromatic rings. The molecule has 1 heterocycles. The van der Waals surface area contributed by atoms with Crippen molar-refractivity contribution < 1.29 is 13.5 Å². The van der Waals surface area contributed by atoms with Crippen LogP contribution in [0.15, 0.2) is 47.6 Å². The van der Waals surface area contributed by atoms with Crippen molar-refractivity contribution in [2.45, 2.75) is 17.4 Å². The summed E-state index contributed by atoms with van der Waals surface area (Å²) in [6.07, 6.45) is 2.50. The minimum atomic E-state index is -3.74. The van der Waals surface area contributed by atoms with Gasteiger partial charge in [-0.1, -0.05) is 30.3 Å². The van der Waals surface area contributed by atoms with E-state index in [-0.39, 0.29) is 11.5 Å². The number of benzene rings is 1. The number of sulfonamides is 1. The number of aliphatic hydroxyl groups is 1. The SMILES string of the molecule is CC(CO)(NS(=O)(=O)c1cn[nH]c1)c1ccccc1. The van der Waals surface area contributed by atoms with E-state index in [1.54, 1.807) is 31.2 Å². The van der Waals surface area contributed by atoms with Crippen molar-refractivity contribution in [2.75, 3.05) is 6.61 Å². The molecule has 0 saturated heterocycles. The fourth-order valence-corrected chi connectivity index (χ4v) is 3.02. The lowest BCUT2D eigenvalue weighted by Crippen LogP contribution is -2.46. The summed E-state index contributed by atoms with van der Waals surface area (Å²) >= 11 is 0. The standard InChI is InChI=1S/C12H15N3O3S/c1-12(9-16,10-5-3-2-4-6-10)15-19(17,18)11-7-13-14-8-11/h2-8,15-16H,9H2,1H3,(H,13,14). The predicted octanol–water partition coefficient (Wildman–Crippen LogP) is 0.596. The van der Waals surface area contributed by atoms with Gasteiger partial charge in [0.05, 0.1) is 18.3 Å². The minimum Gasteiger partial charge on any atom is -0.394 e. The van der Waals surface area contributed by atoms with Crippen LogP contribution in [-0.2, 0) is 15.6 Å². The van der Waals surface area contributed by atoms with Gasteiger partial charge in [0.2, 0.25) is 10.0 Å².